The van der Waals surface area contributed by atoms with Crippen molar-refractivity contribution in [3.63, 3.8) is 0 Å². The number of nitrogens with zero attached hydrogens (tertiary/aromatic N) is 3. The van der Waals surface area contributed by atoms with Crippen LogP contribution in [-0.4, -0.2) is 58.7 Å². The lowest BCUT2D eigenvalue weighted by Gasteiger charge is -2.36. The van der Waals surface area contributed by atoms with Crippen molar-refractivity contribution in [1.82, 2.24) is 20.2 Å². The Bertz CT molecular complexity index is 474. The number of hydrogen-bond donors (Lipinski definition) is 2. The van der Waals surface area contributed by atoms with Crippen molar-refractivity contribution in [3.05, 3.63) is 24.3 Å². The molecule has 0 radical (unpaired) electrons. The fourth-order valence-corrected chi connectivity index (χ4v) is 3.61. The van der Waals surface area contributed by atoms with Gasteiger partial charge in [0.25, 0.3) is 5.91 Å². The highest BCUT2D eigenvalue weighted by Gasteiger charge is 2.35. The summed E-state index contributed by atoms with van der Waals surface area (Å²) in [5.41, 5.74) is 0.423. The number of carbonyl (C=O) groups excluding carboxylic acids is 1. The van der Waals surface area contributed by atoms with Crippen LogP contribution in [0.25, 0.3) is 0 Å². The molecule has 1 aromatic heterocycles. The van der Waals surface area contributed by atoms with Crippen molar-refractivity contribution in [2.75, 3.05) is 32.8 Å². The van der Waals surface area contributed by atoms with Crippen molar-refractivity contribution in [1.29, 1.82) is 0 Å². The van der Waals surface area contributed by atoms with Crippen LogP contribution in [0, 0.1) is 17.8 Å². The Morgan fingerprint density at radius 3 is 2.81 bits per heavy atom. The van der Waals surface area contributed by atoms with Crippen LogP contribution in [-0.2, 0) is 0 Å². The maximum Gasteiger partial charge on any atom is 0.274 e. The number of amides is 1. The van der Waals surface area contributed by atoms with E-state index in [1.165, 1.54) is 6.20 Å². The number of piperidine rings is 1. The fraction of sp³-hybridized carbons (Fsp3) is 0.667. The van der Waals surface area contributed by atoms with Gasteiger partial charge in [-0.25, -0.2) is 4.98 Å². The highest BCUT2D eigenvalue weighted by Crippen LogP contribution is 2.32. The van der Waals surface area contributed by atoms with Crippen LogP contribution in [0.2, 0.25) is 0 Å². The number of rotatable bonds is 3. The second kappa shape index (κ2) is 6.49. The third-order valence-corrected chi connectivity index (χ3v) is 4.84. The molecule has 0 saturated carbocycles. The predicted molar refractivity (Wildman–Crippen MR) is 77.6 cm³/mol. The zero-order valence-electron chi connectivity index (χ0n) is 12.1. The summed E-state index contributed by atoms with van der Waals surface area (Å²) in [5, 5.41) is 12.8. The molecule has 114 valence electrons. The maximum atomic E-state index is 12.3. The van der Waals surface area contributed by atoms with Gasteiger partial charge in [0.1, 0.15) is 5.69 Å². The van der Waals surface area contributed by atoms with Crippen LogP contribution in [0.3, 0.4) is 0 Å². The van der Waals surface area contributed by atoms with Gasteiger partial charge in [0.05, 0.1) is 6.20 Å². The largest absolute Gasteiger partial charge is 0.396 e. The fourth-order valence-electron chi connectivity index (χ4n) is 3.61. The maximum absolute atomic E-state index is 12.3. The molecule has 0 unspecified atom stereocenters. The van der Waals surface area contributed by atoms with E-state index in [2.05, 4.69) is 15.3 Å². The molecule has 3 rings (SSSR count). The molecule has 2 N–H and O–H groups in total. The molecule has 2 saturated heterocycles. The van der Waals surface area contributed by atoms with Crippen LogP contribution in [0.1, 0.15) is 23.3 Å². The first-order valence-corrected chi connectivity index (χ1v) is 7.66. The van der Waals surface area contributed by atoms with Gasteiger partial charge in [-0.1, -0.05) is 0 Å². The van der Waals surface area contributed by atoms with E-state index in [-0.39, 0.29) is 12.5 Å². The van der Waals surface area contributed by atoms with Crippen LogP contribution in [0.4, 0.5) is 0 Å². The first-order valence-electron chi connectivity index (χ1n) is 7.66. The lowest BCUT2D eigenvalue weighted by Crippen LogP contribution is -2.41. The second-order valence-corrected chi connectivity index (χ2v) is 5.99. The summed E-state index contributed by atoms with van der Waals surface area (Å²) in [5.74, 6) is 1.49. The third kappa shape index (κ3) is 3.06. The zero-order valence-corrected chi connectivity index (χ0v) is 12.1. The molecule has 0 spiro atoms. The van der Waals surface area contributed by atoms with E-state index in [1.54, 1.807) is 12.4 Å². The Kier molecular flexibility index (Phi) is 4.45. The Hall–Kier alpha value is -1.53. The number of aromatic nitrogens is 2. The summed E-state index contributed by atoms with van der Waals surface area (Å²) in [6, 6.07) is 0. The number of likely N-dealkylation sites (tertiary alicyclic amines) is 1. The van der Waals surface area contributed by atoms with Crippen LogP contribution < -0.4 is 5.32 Å². The molecule has 2 atom stereocenters. The molecule has 0 aliphatic carbocycles. The van der Waals surface area contributed by atoms with Crippen molar-refractivity contribution < 1.29 is 9.90 Å². The highest BCUT2D eigenvalue weighted by atomic mass is 16.3. The number of aliphatic hydroxyl groups excluding tert-OH is 1. The van der Waals surface area contributed by atoms with Gasteiger partial charge in [0.15, 0.2) is 0 Å². The van der Waals surface area contributed by atoms with Crippen molar-refractivity contribution >= 4 is 5.91 Å². The van der Waals surface area contributed by atoms with Gasteiger partial charge in [-0.2, -0.15) is 0 Å². The van der Waals surface area contributed by atoms with Crippen molar-refractivity contribution in [2.45, 2.75) is 12.8 Å². The van der Waals surface area contributed by atoms with Crippen molar-refractivity contribution in [3.8, 4) is 0 Å². The topological polar surface area (TPSA) is 78.4 Å². The van der Waals surface area contributed by atoms with Crippen LogP contribution in [0.15, 0.2) is 18.6 Å². The average Bonchev–Trinajstić information content (AvgIpc) is 3.04. The van der Waals surface area contributed by atoms with Gasteiger partial charge in [-0.3, -0.25) is 9.78 Å². The monoisotopic (exact) mass is 290 g/mol. The van der Waals surface area contributed by atoms with Gasteiger partial charge < -0.3 is 15.3 Å². The zero-order chi connectivity index (χ0) is 14.7. The smallest absolute Gasteiger partial charge is 0.274 e. The standard InChI is InChI=1S/C15H22N4O2/c20-10-12-7-17-8-13(12)11-1-5-19(6-2-11)15(21)14-9-16-3-4-18-14/h3-4,9,11-13,17,20H,1-2,5-8,10H2/t12-,13-/m0/s1. The van der Waals surface area contributed by atoms with Gasteiger partial charge in [-0.05, 0) is 37.1 Å². The molecular weight excluding hydrogens is 268 g/mol. The average molecular weight is 290 g/mol. The minimum atomic E-state index is -0.0233. The quantitative estimate of drug-likeness (QED) is 0.829. The summed E-state index contributed by atoms with van der Waals surface area (Å²) in [6.07, 6.45) is 6.67. The Morgan fingerprint density at radius 1 is 1.33 bits per heavy atom. The van der Waals surface area contributed by atoms with E-state index >= 15 is 0 Å². The Labute approximate surface area is 124 Å². The van der Waals surface area contributed by atoms with E-state index in [9.17, 15) is 9.90 Å². The lowest BCUT2D eigenvalue weighted by molar-refractivity contribution is 0.0619. The Morgan fingerprint density at radius 2 is 2.14 bits per heavy atom. The molecule has 2 aliphatic rings. The first-order chi connectivity index (χ1) is 10.3. The molecule has 0 bridgehead atoms. The molecule has 2 fully saturated rings. The summed E-state index contributed by atoms with van der Waals surface area (Å²) in [7, 11) is 0. The summed E-state index contributed by atoms with van der Waals surface area (Å²) < 4.78 is 0. The van der Waals surface area contributed by atoms with E-state index in [0.717, 1.165) is 39.0 Å². The molecule has 6 nitrogen and oxygen atoms in total. The van der Waals surface area contributed by atoms with Crippen LogP contribution >= 0.6 is 0 Å². The molecular formula is C15H22N4O2. The number of hydrogen-bond acceptors (Lipinski definition) is 5. The van der Waals surface area contributed by atoms with Crippen LogP contribution in [0.5, 0.6) is 0 Å². The molecule has 3 heterocycles. The van der Waals surface area contributed by atoms with E-state index in [0.29, 0.717) is 23.4 Å². The first kappa shape index (κ1) is 14.4. The summed E-state index contributed by atoms with van der Waals surface area (Å²) in [4.78, 5) is 22.2. The van der Waals surface area contributed by atoms with Gasteiger partial charge >= 0.3 is 0 Å². The molecule has 2 aliphatic heterocycles. The lowest BCUT2D eigenvalue weighted by atomic mass is 9.79. The minimum absolute atomic E-state index is 0.0233. The van der Waals surface area contributed by atoms with Gasteiger partial charge in [-0.15, -0.1) is 0 Å². The molecule has 21 heavy (non-hydrogen) atoms. The Balaban J connectivity index is 1.57. The number of nitrogens with one attached hydrogen (secondary N) is 1. The normalized spacial score (nSPS) is 27.0. The molecule has 6 heteroatoms. The SMILES string of the molecule is O=C(c1cnccn1)N1CCC([C@@H]2CNC[C@H]2CO)CC1. The predicted octanol–water partition coefficient (Wildman–Crippen LogP) is 0.157. The molecule has 0 aromatic carbocycles. The summed E-state index contributed by atoms with van der Waals surface area (Å²) >= 11 is 0. The third-order valence-electron chi connectivity index (χ3n) is 4.84. The van der Waals surface area contributed by atoms with E-state index < -0.39 is 0 Å². The van der Waals surface area contributed by atoms with E-state index in [4.69, 9.17) is 0 Å². The van der Waals surface area contributed by atoms with Crippen molar-refractivity contribution in [2.24, 2.45) is 17.8 Å². The number of aliphatic hydroxyl groups is 1. The van der Waals surface area contributed by atoms with E-state index in [1.807, 2.05) is 4.90 Å². The highest BCUT2D eigenvalue weighted by molar-refractivity contribution is 5.91. The summed E-state index contributed by atoms with van der Waals surface area (Å²) in [6.45, 7) is 3.72. The molecule has 1 aromatic rings. The van der Waals surface area contributed by atoms with Gasteiger partial charge in [0, 0.05) is 38.6 Å². The minimum Gasteiger partial charge on any atom is -0.396 e. The van der Waals surface area contributed by atoms with Gasteiger partial charge in [0.2, 0.25) is 0 Å². The number of carbonyl (C=O) groups is 1. The molecule has 1 amide bonds. The second-order valence-electron chi connectivity index (χ2n) is 5.99.